The molecule has 0 aliphatic carbocycles. The minimum Gasteiger partial charge on any atom is -0.494 e. The molecule has 0 spiro atoms. The summed E-state index contributed by atoms with van der Waals surface area (Å²) in [5, 5.41) is 4.00. The van der Waals surface area contributed by atoms with E-state index >= 15 is 0 Å². The summed E-state index contributed by atoms with van der Waals surface area (Å²) in [5.74, 6) is -0.880. The molecule has 186 valence electrons. The van der Waals surface area contributed by atoms with Crippen molar-refractivity contribution in [1.29, 1.82) is 0 Å². The van der Waals surface area contributed by atoms with E-state index in [1.54, 1.807) is 13.8 Å². The zero-order valence-electron chi connectivity index (χ0n) is 20.6. The highest BCUT2D eigenvalue weighted by Crippen LogP contribution is 2.36. The Morgan fingerprint density at radius 3 is 2.43 bits per heavy atom. The molecule has 0 saturated carbocycles. The van der Waals surface area contributed by atoms with Crippen molar-refractivity contribution >= 4 is 45.1 Å². The average molecular weight is 499 g/mol. The molecule has 1 N–H and O–H groups in total. The number of esters is 2. The lowest BCUT2D eigenvalue weighted by molar-refractivity contribution is 0.0527. The number of ether oxygens (including phenoxy) is 3. The number of carbonyl (C=O) groups is 3. The van der Waals surface area contributed by atoms with Gasteiger partial charge in [0, 0.05) is 17.4 Å². The minimum absolute atomic E-state index is 0.0339. The van der Waals surface area contributed by atoms with E-state index in [-0.39, 0.29) is 28.7 Å². The van der Waals surface area contributed by atoms with Crippen LogP contribution in [0, 0.1) is 13.8 Å². The minimum atomic E-state index is -0.617. The number of hydrogen-bond acceptors (Lipinski definition) is 7. The first kappa shape index (κ1) is 26.0. The molecule has 3 rings (SSSR count). The maximum atomic E-state index is 13.6. The number of aryl methyl sites for hydroxylation is 2. The second-order valence-electron chi connectivity index (χ2n) is 7.65. The van der Waals surface area contributed by atoms with Gasteiger partial charge in [-0.25, -0.2) is 9.59 Å². The highest BCUT2D eigenvalue weighted by Gasteiger charge is 2.29. The third kappa shape index (κ3) is 5.09. The Morgan fingerprint density at radius 2 is 1.80 bits per heavy atom. The third-order valence-corrected chi connectivity index (χ3v) is 6.69. The van der Waals surface area contributed by atoms with Gasteiger partial charge in [0.05, 0.1) is 18.8 Å². The Morgan fingerprint density at radius 1 is 1.06 bits per heavy atom. The summed E-state index contributed by atoms with van der Waals surface area (Å²) in [4.78, 5) is 39.0. The standard InChI is InChI=1S/C26H30N2O6S/c1-7-13-34-26(31)22-16(6)20(25(30)33-10-4)24(35-22)27-23(29)21-15(5)18-14-17(32-9-3)11-12-19(18)28(21)8-2/h7,11-12,14H,1,8-10,13H2,2-6H3,(H,27,29). The fourth-order valence-electron chi connectivity index (χ4n) is 3.99. The molecular weight excluding hydrogens is 468 g/mol. The maximum Gasteiger partial charge on any atom is 0.348 e. The molecule has 8 nitrogen and oxygen atoms in total. The lowest BCUT2D eigenvalue weighted by Gasteiger charge is -2.10. The maximum absolute atomic E-state index is 13.6. The Balaban J connectivity index is 2.07. The lowest BCUT2D eigenvalue weighted by atomic mass is 10.1. The van der Waals surface area contributed by atoms with E-state index < -0.39 is 17.8 Å². The average Bonchev–Trinajstić information content (AvgIpc) is 3.31. The highest BCUT2D eigenvalue weighted by atomic mass is 32.1. The molecule has 1 aromatic carbocycles. The quantitative estimate of drug-likeness (QED) is 0.292. The molecule has 0 unspecified atom stereocenters. The van der Waals surface area contributed by atoms with Crippen LogP contribution in [0.4, 0.5) is 5.00 Å². The number of benzene rings is 1. The fourth-order valence-corrected chi connectivity index (χ4v) is 5.07. The molecule has 2 heterocycles. The molecule has 35 heavy (non-hydrogen) atoms. The van der Waals surface area contributed by atoms with Crippen LogP contribution in [-0.4, -0.2) is 42.2 Å². The van der Waals surface area contributed by atoms with Crippen molar-refractivity contribution in [3.63, 3.8) is 0 Å². The number of anilines is 1. The number of carbonyl (C=O) groups excluding carboxylic acids is 3. The van der Waals surface area contributed by atoms with Crippen LogP contribution < -0.4 is 10.1 Å². The predicted octanol–water partition coefficient (Wildman–Crippen LogP) is 5.51. The molecule has 0 saturated heterocycles. The molecule has 0 aliphatic heterocycles. The van der Waals surface area contributed by atoms with Crippen LogP contribution in [0.15, 0.2) is 30.9 Å². The van der Waals surface area contributed by atoms with E-state index in [1.165, 1.54) is 6.08 Å². The Kier molecular flexibility index (Phi) is 8.34. The first-order valence-electron chi connectivity index (χ1n) is 11.4. The predicted molar refractivity (Wildman–Crippen MR) is 137 cm³/mol. The Bertz CT molecular complexity index is 1290. The molecule has 0 aliphatic rings. The van der Waals surface area contributed by atoms with Gasteiger partial charge in [0.25, 0.3) is 5.91 Å². The zero-order chi connectivity index (χ0) is 25.7. The van der Waals surface area contributed by atoms with E-state index in [9.17, 15) is 14.4 Å². The topological polar surface area (TPSA) is 95.9 Å². The van der Waals surface area contributed by atoms with Crippen LogP contribution in [-0.2, 0) is 16.0 Å². The van der Waals surface area contributed by atoms with Crippen molar-refractivity contribution in [1.82, 2.24) is 4.57 Å². The fraction of sp³-hybridized carbons (Fsp3) is 0.346. The number of hydrogen-bond donors (Lipinski definition) is 1. The number of nitrogens with one attached hydrogen (secondary N) is 1. The van der Waals surface area contributed by atoms with E-state index in [4.69, 9.17) is 14.2 Å². The third-order valence-electron chi connectivity index (χ3n) is 5.50. The smallest absolute Gasteiger partial charge is 0.348 e. The van der Waals surface area contributed by atoms with Crippen molar-refractivity contribution in [3.8, 4) is 5.75 Å². The molecule has 0 bridgehead atoms. The van der Waals surface area contributed by atoms with Gasteiger partial charge in [0.15, 0.2) is 0 Å². The summed E-state index contributed by atoms with van der Waals surface area (Å²) in [5.41, 5.74) is 2.70. The summed E-state index contributed by atoms with van der Waals surface area (Å²) >= 11 is 0.986. The molecule has 2 aromatic heterocycles. The molecule has 1 amide bonds. The molecule has 0 fully saturated rings. The van der Waals surface area contributed by atoms with Crippen LogP contribution in [0.1, 0.15) is 62.4 Å². The second-order valence-corrected chi connectivity index (χ2v) is 8.67. The lowest BCUT2D eigenvalue weighted by Crippen LogP contribution is -2.19. The zero-order valence-corrected chi connectivity index (χ0v) is 21.5. The number of rotatable bonds is 10. The van der Waals surface area contributed by atoms with Gasteiger partial charge in [-0.15, -0.1) is 11.3 Å². The summed E-state index contributed by atoms with van der Waals surface area (Å²) in [7, 11) is 0. The van der Waals surface area contributed by atoms with E-state index in [0.29, 0.717) is 24.4 Å². The number of fused-ring (bicyclic) bond motifs is 1. The number of thiophene rings is 1. The molecular formula is C26H30N2O6S. The van der Waals surface area contributed by atoms with Crippen LogP contribution in [0.25, 0.3) is 10.9 Å². The van der Waals surface area contributed by atoms with Gasteiger partial charge in [-0.2, -0.15) is 0 Å². The van der Waals surface area contributed by atoms with Crippen LogP contribution >= 0.6 is 11.3 Å². The van der Waals surface area contributed by atoms with Gasteiger partial charge in [-0.05, 0) is 63.9 Å². The molecule has 0 atom stereocenters. The number of amides is 1. The molecule has 9 heteroatoms. The Labute approximate surface area is 208 Å². The monoisotopic (exact) mass is 498 g/mol. The van der Waals surface area contributed by atoms with Crippen LogP contribution in [0.3, 0.4) is 0 Å². The number of aromatic nitrogens is 1. The summed E-state index contributed by atoms with van der Waals surface area (Å²) in [6.45, 7) is 13.9. The van der Waals surface area contributed by atoms with Crippen molar-refractivity contribution in [2.24, 2.45) is 0 Å². The van der Waals surface area contributed by atoms with Crippen LogP contribution in [0.5, 0.6) is 5.75 Å². The summed E-state index contributed by atoms with van der Waals surface area (Å²) < 4.78 is 17.9. The van der Waals surface area contributed by atoms with Gasteiger partial charge < -0.3 is 24.1 Å². The second kappa shape index (κ2) is 11.2. The van der Waals surface area contributed by atoms with Gasteiger partial charge in [0.2, 0.25) is 0 Å². The largest absolute Gasteiger partial charge is 0.494 e. The van der Waals surface area contributed by atoms with E-state index in [1.807, 2.05) is 43.5 Å². The molecule has 3 aromatic rings. The van der Waals surface area contributed by atoms with Crippen molar-refractivity contribution in [2.45, 2.75) is 41.2 Å². The Hall–Kier alpha value is -3.59. The van der Waals surface area contributed by atoms with Crippen molar-refractivity contribution in [2.75, 3.05) is 25.1 Å². The van der Waals surface area contributed by atoms with Gasteiger partial charge in [0.1, 0.15) is 27.9 Å². The normalized spacial score (nSPS) is 10.8. The van der Waals surface area contributed by atoms with Crippen molar-refractivity contribution < 1.29 is 28.6 Å². The SMILES string of the molecule is C=CCOC(=O)c1sc(NC(=O)c2c(C)c3cc(OCC)ccc3n2CC)c(C(=O)OCC)c1C. The highest BCUT2D eigenvalue weighted by molar-refractivity contribution is 7.18. The first-order chi connectivity index (χ1) is 16.8. The van der Waals surface area contributed by atoms with Gasteiger partial charge in [-0.3, -0.25) is 4.79 Å². The van der Waals surface area contributed by atoms with Gasteiger partial charge >= 0.3 is 11.9 Å². The summed E-state index contributed by atoms with van der Waals surface area (Å²) in [6.07, 6.45) is 1.46. The number of nitrogens with zero attached hydrogens (tertiary/aromatic N) is 1. The van der Waals surface area contributed by atoms with Crippen LogP contribution in [0.2, 0.25) is 0 Å². The molecule has 0 radical (unpaired) electrons. The van der Waals surface area contributed by atoms with E-state index in [0.717, 1.165) is 33.6 Å². The first-order valence-corrected chi connectivity index (χ1v) is 12.3. The van der Waals surface area contributed by atoms with E-state index in [2.05, 4.69) is 11.9 Å². The van der Waals surface area contributed by atoms with Crippen molar-refractivity contribution in [3.05, 3.63) is 58.1 Å². The summed E-state index contributed by atoms with van der Waals surface area (Å²) in [6, 6.07) is 5.73. The van der Waals surface area contributed by atoms with Gasteiger partial charge in [-0.1, -0.05) is 12.7 Å².